The van der Waals surface area contributed by atoms with Crippen LogP contribution in [0.2, 0.25) is 0 Å². The summed E-state index contributed by atoms with van der Waals surface area (Å²) in [5, 5.41) is 0. The Morgan fingerprint density at radius 1 is 1.04 bits per heavy atom. The lowest BCUT2D eigenvalue weighted by Gasteiger charge is -2.28. The molecule has 0 aromatic heterocycles. The summed E-state index contributed by atoms with van der Waals surface area (Å²) in [5.41, 5.74) is 7.66. The maximum Gasteiger partial charge on any atom is 0.322 e. The molecule has 26 heavy (non-hydrogen) atoms. The minimum atomic E-state index is -0.775. The predicted octanol–water partition coefficient (Wildman–Crippen LogP) is 3.69. The number of ether oxygens (including phenoxy) is 2. The zero-order valence-corrected chi connectivity index (χ0v) is 15.3. The number of esters is 1. The molecule has 0 aliphatic rings. The van der Waals surface area contributed by atoms with Crippen molar-refractivity contribution in [1.82, 2.24) is 0 Å². The van der Waals surface area contributed by atoms with Crippen molar-refractivity contribution in [2.75, 3.05) is 7.11 Å². The quantitative estimate of drug-likeness (QED) is 0.795. The topological polar surface area (TPSA) is 61.5 Å². The molecule has 0 fully saturated rings. The van der Waals surface area contributed by atoms with E-state index in [0.717, 1.165) is 5.56 Å². The molecule has 0 heterocycles. The molecule has 0 bridgehead atoms. The van der Waals surface area contributed by atoms with Gasteiger partial charge in [-0.15, -0.1) is 0 Å². The Labute approximate surface area is 151 Å². The standard InChI is InChI=1S/C20H23F2NO3/c1-11-9-14(21)5-7-16(11)19(13(3)26-20(24)12(2)23)17-8-6-15(22)10-18(17)25-4/h5-10,12-13,19H,23H2,1-4H3/t12-,13-,19+/m0/s1. The largest absolute Gasteiger partial charge is 0.496 e. The van der Waals surface area contributed by atoms with Crippen LogP contribution in [0, 0.1) is 18.6 Å². The molecule has 0 aliphatic carbocycles. The van der Waals surface area contributed by atoms with Gasteiger partial charge >= 0.3 is 5.97 Å². The van der Waals surface area contributed by atoms with Gasteiger partial charge < -0.3 is 15.2 Å². The van der Waals surface area contributed by atoms with Gasteiger partial charge in [0.05, 0.1) is 7.11 Å². The van der Waals surface area contributed by atoms with Gasteiger partial charge in [0.2, 0.25) is 0 Å². The van der Waals surface area contributed by atoms with Crippen molar-refractivity contribution < 1.29 is 23.0 Å². The molecule has 0 saturated carbocycles. The van der Waals surface area contributed by atoms with Crippen LogP contribution in [-0.2, 0) is 9.53 Å². The van der Waals surface area contributed by atoms with Crippen LogP contribution in [0.25, 0.3) is 0 Å². The van der Waals surface area contributed by atoms with Gasteiger partial charge in [-0.05, 0) is 50.1 Å². The number of rotatable bonds is 6. The van der Waals surface area contributed by atoms with E-state index < -0.39 is 29.9 Å². The zero-order chi connectivity index (χ0) is 19.4. The highest BCUT2D eigenvalue weighted by Gasteiger charge is 2.29. The van der Waals surface area contributed by atoms with Crippen LogP contribution in [0.5, 0.6) is 5.75 Å². The number of hydrogen-bond donors (Lipinski definition) is 1. The predicted molar refractivity (Wildman–Crippen MR) is 95.1 cm³/mol. The minimum Gasteiger partial charge on any atom is -0.496 e. The average molecular weight is 363 g/mol. The average Bonchev–Trinajstić information content (AvgIpc) is 2.57. The van der Waals surface area contributed by atoms with E-state index in [1.165, 1.54) is 38.3 Å². The normalized spacial score (nSPS) is 14.4. The maximum atomic E-state index is 13.6. The van der Waals surface area contributed by atoms with Crippen molar-refractivity contribution in [3.63, 3.8) is 0 Å². The molecule has 3 atom stereocenters. The highest BCUT2D eigenvalue weighted by Crippen LogP contribution is 2.37. The third-order valence-electron chi connectivity index (χ3n) is 4.24. The van der Waals surface area contributed by atoms with Crippen molar-refractivity contribution in [1.29, 1.82) is 0 Å². The van der Waals surface area contributed by atoms with E-state index in [0.29, 0.717) is 16.9 Å². The SMILES string of the molecule is COc1cc(F)ccc1[C@@H](c1ccc(F)cc1C)[C@H](C)OC(=O)[C@H](C)N. The number of halogens is 2. The van der Waals surface area contributed by atoms with Gasteiger partial charge in [0, 0.05) is 17.5 Å². The van der Waals surface area contributed by atoms with E-state index in [-0.39, 0.29) is 5.82 Å². The van der Waals surface area contributed by atoms with Gasteiger partial charge in [0.25, 0.3) is 0 Å². The molecule has 0 amide bonds. The fraction of sp³-hybridized carbons (Fsp3) is 0.350. The Bertz CT molecular complexity index is 793. The summed E-state index contributed by atoms with van der Waals surface area (Å²) < 4.78 is 38.0. The van der Waals surface area contributed by atoms with E-state index in [1.807, 2.05) is 0 Å². The van der Waals surface area contributed by atoms with Crippen LogP contribution < -0.4 is 10.5 Å². The first-order chi connectivity index (χ1) is 12.2. The van der Waals surface area contributed by atoms with Gasteiger partial charge in [-0.3, -0.25) is 4.79 Å². The highest BCUT2D eigenvalue weighted by molar-refractivity contribution is 5.75. The first kappa shape index (κ1) is 19.8. The molecule has 2 rings (SSSR count). The van der Waals surface area contributed by atoms with Crippen molar-refractivity contribution in [2.45, 2.75) is 38.8 Å². The van der Waals surface area contributed by atoms with E-state index in [1.54, 1.807) is 26.0 Å². The number of benzene rings is 2. The van der Waals surface area contributed by atoms with E-state index in [4.69, 9.17) is 15.2 Å². The third kappa shape index (κ3) is 4.38. The van der Waals surface area contributed by atoms with Crippen molar-refractivity contribution in [3.8, 4) is 5.75 Å². The second-order valence-corrected chi connectivity index (χ2v) is 6.30. The van der Waals surface area contributed by atoms with E-state index in [2.05, 4.69) is 0 Å². The van der Waals surface area contributed by atoms with Crippen molar-refractivity contribution in [3.05, 3.63) is 64.7 Å². The van der Waals surface area contributed by atoms with Gasteiger partial charge in [0.15, 0.2) is 0 Å². The van der Waals surface area contributed by atoms with Crippen molar-refractivity contribution in [2.24, 2.45) is 5.73 Å². The Balaban J connectivity index is 2.57. The van der Waals surface area contributed by atoms with Crippen LogP contribution in [0.4, 0.5) is 8.78 Å². The molecule has 0 spiro atoms. The van der Waals surface area contributed by atoms with Gasteiger partial charge in [-0.2, -0.15) is 0 Å². The molecular formula is C20H23F2NO3. The van der Waals surface area contributed by atoms with Crippen LogP contribution in [-0.4, -0.2) is 25.2 Å². The molecule has 0 unspecified atom stereocenters. The highest BCUT2D eigenvalue weighted by atomic mass is 19.1. The monoisotopic (exact) mass is 363 g/mol. The van der Waals surface area contributed by atoms with Crippen LogP contribution >= 0.6 is 0 Å². The molecule has 2 N–H and O–H groups in total. The maximum absolute atomic E-state index is 13.6. The molecular weight excluding hydrogens is 340 g/mol. The van der Waals surface area contributed by atoms with Crippen LogP contribution in [0.3, 0.4) is 0 Å². The lowest BCUT2D eigenvalue weighted by molar-refractivity contribution is -0.150. The van der Waals surface area contributed by atoms with Gasteiger partial charge in [0.1, 0.15) is 29.5 Å². The fourth-order valence-corrected chi connectivity index (χ4v) is 2.96. The first-order valence-corrected chi connectivity index (χ1v) is 8.30. The number of carbonyl (C=O) groups excluding carboxylic acids is 1. The number of carbonyl (C=O) groups is 1. The second kappa shape index (κ2) is 8.27. The Morgan fingerprint density at radius 2 is 1.62 bits per heavy atom. The Morgan fingerprint density at radius 3 is 2.15 bits per heavy atom. The summed E-state index contributed by atoms with van der Waals surface area (Å²) >= 11 is 0. The molecule has 0 radical (unpaired) electrons. The lowest BCUT2D eigenvalue weighted by Crippen LogP contribution is -2.34. The molecule has 0 aliphatic heterocycles. The third-order valence-corrected chi connectivity index (χ3v) is 4.24. The summed E-state index contributed by atoms with van der Waals surface area (Å²) in [6.07, 6.45) is -0.628. The van der Waals surface area contributed by atoms with E-state index >= 15 is 0 Å². The molecule has 2 aromatic rings. The summed E-state index contributed by atoms with van der Waals surface area (Å²) in [6.45, 7) is 5.02. The first-order valence-electron chi connectivity index (χ1n) is 8.30. The number of nitrogens with two attached hydrogens (primary N) is 1. The molecule has 4 nitrogen and oxygen atoms in total. The van der Waals surface area contributed by atoms with E-state index in [9.17, 15) is 13.6 Å². The van der Waals surface area contributed by atoms with Crippen molar-refractivity contribution >= 4 is 5.97 Å². The Kier molecular flexibility index (Phi) is 6.32. The number of hydrogen-bond acceptors (Lipinski definition) is 4. The summed E-state index contributed by atoms with van der Waals surface area (Å²) in [7, 11) is 1.44. The summed E-state index contributed by atoms with van der Waals surface area (Å²) in [4.78, 5) is 12.0. The smallest absolute Gasteiger partial charge is 0.322 e. The molecule has 6 heteroatoms. The Hall–Kier alpha value is -2.47. The van der Waals surface area contributed by atoms with Crippen LogP contribution in [0.15, 0.2) is 36.4 Å². The molecule has 2 aromatic carbocycles. The lowest BCUT2D eigenvalue weighted by atomic mass is 9.84. The minimum absolute atomic E-state index is 0.322. The van der Waals surface area contributed by atoms with Crippen LogP contribution in [0.1, 0.15) is 36.5 Å². The molecule has 140 valence electrons. The van der Waals surface area contributed by atoms with Gasteiger partial charge in [-0.25, -0.2) is 8.78 Å². The zero-order valence-electron chi connectivity index (χ0n) is 15.3. The summed E-state index contributed by atoms with van der Waals surface area (Å²) in [6, 6.07) is 7.75. The number of methoxy groups -OCH3 is 1. The fourth-order valence-electron chi connectivity index (χ4n) is 2.96. The second-order valence-electron chi connectivity index (χ2n) is 6.30. The van der Waals surface area contributed by atoms with Gasteiger partial charge in [-0.1, -0.05) is 12.1 Å². The molecule has 0 saturated heterocycles. The summed E-state index contributed by atoms with van der Waals surface area (Å²) in [5.74, 6) is -1.52. The number of aryl methyl sites for hydroxylation is 1.